The Morgan fingerprint density at radius 2 is 2.05 bits per heavy atom. The van der Waals surface area contributed by atoms with Gasteiger partial charge in [-0.15, -0.1) is 0 Å². The highest BCUT2D eigenvalue weighted by atomic mass is 32.1. The highest BCUT2D eigenvalue weighted by Gasteiger charge is 2.37. The zero-order chi connectivity index (χ0) is 13.5. The van der Waals surface area contributed by atoms with Gasteiger partial charge in [0.05, 0.1) is 5.56 Å². The third-order valence-electron chi connectivity index (χ3n) is 4.66. The lowest BCUT2D eigenvalue weighted by Crippen LogP contribution is -2.20. The van der Waals surface area contributed by atoms with Crippen molar-refractivity contribution in [1.29, 1.82) is 0 Å². The number of fused-ring (bicyclic) bond motifs is 1. The molecule has 4 rings (SSSR count). The summed E-state index contributed by atoms with van der Waals surface area (Å²) >= 11 is 1.53. The Bertz CT molecular complexity index is 598. The molecule has 1 aliphatic heterocycles. The van der Waals surface area contributed by atoms with Crippen molar-refractivity contribution in [2.45, 2.75) is 19.3 Å². The summed E-state index contributed by atoms with van der Waals surface area (Å²) in [4.78, 5) is 6.70. The summed E-state index contributed by atoms with van der Waals surface area (Å²) in [6.45, 7) is 2.33. The smallest absolute Gasteiger partial charge is 0.147 e. The Morgan fingerprint density at radius 3 is 2.75 bits per heavy atom. The lowest BCUT2D eigenvalue weighted by Gasteiger charge is -2.18. The van der Waals surface area contributed by atoms with Crippen LogP contribution in [0.25, 0.3) is 11.1 Å². The largest absolute Gasteiger partial charge is 0.382 e. The molecule has 0 spiro atoms. The number of nitrogens with zero attached hydrogens (tertiary/aromatic N) is 3. The number of anilines is 2. The number of hydrogen-bond acceptors (Lipinski definition) is 5. The van der Waals surface area contributed by atoms with E-state index in [1.165, 1.54) is 48.9 Å². The van der Waals surface area contributed by atoms with Crippen LogP contribution in [0.3, 0.4) is 0 Å². The van der Waals surface area contributed by atoms with E-state index in [0.29, 0.717) is 5.82 Å². The van der Waals surface area contributed by atoms with E-state index >= 15 is 0 Å². The fraction of sp³-hybridized carbons (Fsp3) is 0.467. The molecular formula is C15H18N4S. The van der Waals surface area contributed by atoms with Crippen LogP contribution in [-0.4, -0.2) is 22.4 Å². The van der Waals surface area contributed by atoms with Crippen molar-refractivity contribution < 1.29 is 0 Å². The number of nitrogens with two attached hydrogens (primary N) is 1. The minimum absolute atomic E-state index is 0.634. The molecule has 2 unspecified atom stereocenters. The monoisotopic (exact) mass is 286 g/mol. The molecule has 2 N–H and O–H groups in total. The lowest BCUT2D eigenvalue weighted by atomic mass is 10.0. The molecule has 2 aromatic heterocycles. The van der Waals surface area contributed by atoms with Crippen molar-refractivity contribution in [2.75, 3.05) is 23.7 Å². The van der Waals surface area contributed by atoms with Crippen molar-refractivity contribution in [3.63, 3.8) is 0 Å². The third kappa shape index (κ3) is 1.88. The predicted octanol–water partition coefficient (Wildman–Crippen LogP) is 3.02. The summed E-state index contributed by atoms with van der Waals surface area (Å²) in [5.74, 6) is 2.38. The second-order valence-electron chi connectivity index (χ2n) is 5.85. The van der Waals surface area contributed by atoms with Crippen LogP contribution < -0.4 is 10.6 Å². The molecule has 5 heteroatoms. The van der Waals surface area contributed by atoms with E-state index in [0.717, 1.165) is 23.0 Å². The summed E-state index contributed by atoms with van der Waals surface area (Å²) in [6, 6.07) is 4.02. The topological polar surface area (TPSA) is 55.0 Å². The SMILES string of the molecule is Nc1nsc(N2CC3CCCC3C2)c1-c1cccnc1. The lowest BCUT2D eigenvalue weighted by molar-refractivity contribution is 0.494. The van der Waals surface area contributed by atoms with Gasteiger partial charge in [-0.25, -0.2) is 0 Å². The molecule has 0 aromatic carbocycles. The fourth-order valence-corrected chi connectivity index (χ4v) is 4.55. The van der Waals surface area contributed by atoms with Gasteiger partial charge < -0.3 is 10.6 Å². The van der Waals surface area contributed by atoms with Crippen molar-refractivity contribution in [3.8, 4) is 11.1 Å². The van der Waals surface area contributed by atoms with E-state index in [-0.39, 0.29) is 0 Å². The number of hydrogen-bond donors (Lipinski definition) is 1. The van der Waals surface area contributed by atoms with Crippen molar-refractivity contribution in [3.05, 3.63) is 24.5 Å². The molecule has 1 saturated carbocycles. The summed E-state index contributed by atoms with van der Waals surface area (Å²) < 4.78 is 4.38. The van der Waals surface area contributed by atoms with Gasteiger partial charge in [0.2, 0.25) is 0 Å². The van der Waals surface area contributed by atoms with Crippen LogP contribution in [0.15, 0.2) is 24.5 Å². The van der Waals surface area contributed by atoms with E-state index in [4.69, 9.17) is 5.73 Å². The van der Waals surface area contributed by atoms with Crippen LogP contribution in [0.4, 0.5) is 10.8 Å². The van der Waals surface area contributed by atoms with Crippen molar-refractivity contribution >= 4 is 22.4 Å². The van der Waals surface area contributed by atoms with Gasteiger partial charge >= 0.3 is 0 Å². The van der Waals surface area contributed by atoms with Crippen LogP contribution in [0.2, 0.25) is 0 Å². The first-order chi connectivity index (χ1) is 9.83. The first kappa shape index (κ1) is 12.1. The minimum Gasteiger partial charge on any atom is -0.382 e. The van der Waals surface area contributed by atoms with E-state index in [1.54, 1.807) is 6.20 Å². The maximum atomic E-state index is 6.10. The molecule has 0 radical (unpaired) electrons. The van der Waals surface area contributed by atoms with Gasteiger partial charge in [-0.1, -0.05) is 12.5 Å². The third-order valence-corrected chi connectivity index (χ3v) is 5.59. The molecule has 2 aliphatic rings. The van der Waals surface area contributed by atoms with Crippen molar-refractivity contribution in [2.24, 2.45) is 11.8 Å². The van der Waals surface area contributed by atoms with Gasteiger partial charge in [-0.2, -0.15) is 4.37 Å². The molecule has 1 saturated heterocycles. The second kappa shape index (κ2) is 4.74. The Hall–Kier alpha value is -1.62. The molecule has 104 valence electrons. The van der Waals surface area contributed by atoms with Gasteiger partial charge in [0.25, 0.3) is 0 Å². The average Bonchev–Trinajstić information content (AvgIpc) is 3.12. The highest BCUT2D eigenvalue weighted by Crippen LogP contribution is 2.45. The summed E-state index contributed by atoms with van der Waals surface area (Å²) in [7, 11) is 0. The molecule has 2 aromatic rings. The highest BCUT2D eigenvalue weighted by molar-refractivity contribution is 7.11. The average molecular weight is 286 g/mol. The molecular weight excluding hydrogens is 268 g/mol. The summed E-state index contributed by atoms with van der Waals surface area (Å²) in [6.07, 6.45) is 7.85. The van der Waals surface area contributed by atoms with Gasteiger partial charge in [-0.3, -0.25) is 4.98 Å². The van der Waals surface area contributed by atoms with Crippen LogP contribution in [0, 0.1) is 11.8 Å². The van der Waals surface area contributed by atoms with E-state index in [2.05, 4.69) is 20.3 Å². The van der Waals surface area contributed by atoms with E-state index in [9.17, 15) is 0 Å². The standard InChI is InChI=1S/C15H18N4S/c16-14-13(10-5-2-6-17-7-10)15(20-18-14)19-8-11-3-1-4-12(11)9-19/h2,5-7,11-12H,1,3-4,8-9H2,(H2,16,18). The second-order valence-corrected chi connectivity index (χ2v) is 6.60. The predicted molar refractivity (Wildman–Crippen MR) is 82.8 cm³/mol. The molecule has 3 heterocycles. The van der Waals surface area contributed by atoms with Crippen LogP contribution >= 0.6 is 11.5 Å². The Morgan fingerprint density at radius 1 is 1.25 bits per heavy atom. The Balaban J connectivity index is 1.70. The van der Waals surface area contributed by atoms with Crippen LogP contribution in [-0.2, 0) is 0 Å². The van der Waals surface area contributed by atoms with Gasteiger partial charge in [0.15, 0.2) is 0 Å². The summed E-state index contributed by atoms with van der Waals surface area (Å²) in [5.41, 5.74) is 8.25. The maximum Gasteiger partial charge on any atom is 0.147 e. The molecule has 20 heavy (non-hydrogen) atoms. The van der Waals surface area contributed by atoms with Gasteiger partial charge in [-0.05, 0) is 42.3 Å². The first-order valence-corrected chi connectivity index (χ1v) is 8.01. The number of aromatic nitrogens is 2. The number of rotatable bonds is 2. The normalized spacial score (nSPS) is 25.1. The molecule has 4 nitrogen and oxygen atoms in total. The zero-order valence-corrected chi connectivity index (χ0v) is 12.1. The molecule has 0 bridgehead atoms. The maximum absolute atomic E-state index is 6.10. The zero-order valence-electron chi connectivity index (χ0n) is 11.3. The minimum atomic E-state index is 0.634. The fourth-order valence-electron chi connectivity index (χ4n) is 3.69. The molecule has 0 amide bonds. The van der Waals surface area contributed by atoms with Crippen LogP contribution in [0.1, 0.15) is 19.3 Å². The Kier molecular flexibility index (Phi) is 2.88. The van der Waals surface area contributed by atoms with E-state index < -0.39 is 0 Å². The molecule has 2 fully saturated rings. The van der Waals surface area contributed by atoms with Crippen LogP contribution in [0.5, 0.6) is 0 Å². The first-order valence-electron chi connectivity index (χ1n) is 7.23. The molecule has 2 atom stereocenters. The Labute approximate surface area is 122 Å². The molecule has 1 aliphatic carbocycles. The van der Waals surface area contributed by atoms with Gasteiger partial charge in [0, 0.05) is 31.0 Å². The number of nitrogen functional groups attached to an aromatic ring is 1. The quantitative estimate of drug-likeness (QED) is 0.922. The summed E-state index contributed by atoms with van der Waals surface area (Å²) in [5, 5.41) is 1.23. The van der Waals surface area contributed by atoms with Crippen molar-refractivity contribution in [1.82, 2.24) is 9.36 Å². The number of pyridine rings is 1. The van der Waals surface area contributed by atoms with E-state index in [1.807, 2.05) is 12.3 Å². The van der Waals surface area contributed by atoms with Gasteiger partial charge in [0.1, 0.15) is 10.8 Å².